The molecule has 2 atom stereocenters. The van der Waals surface area contributed by atoms with Gasteiger partial charge in [-0.3, -0.25) is 0 Å². The third-order valence-corrected chi connectivity index (χ3v) is 2.80. The van der Waals surface area contributed by atoms with Crippen molar-refractivity contribution in [3.8, 4) is 0 Å². The number of rotatable bonds is 2. The Bertz CT molecular complexity index is 322. The molecule has 70 valence electrons. The summed E-state index contributed by atoms with van der Waals surface area (Å²) in [5, 5.41) is 8.90. The molecule has 0 aliphatic heterocycles. The standard InChI is InChI=1S/C11H13FO/c1-7-2-3-9(12)5-10(7)11-4-8(11)6-13/h2-3,5,8,11,13H,4,6H2,1H3. The van der Waals surface area contributed by atoms with Crippen LogP contribution in [0.2, 0.25) is 0 Å². The number of aryl methyl sites for hydroxylation is 1. The summed E-state index contributed by atoms with van der Waals surface area (Å²) in [4.78, 5) is 0. The van der Waals surface area contributed by atoms with Crippen LogP contribution >= 0.6 is 0 Å². The predicted octanol–water partition coefficient (Wildman–Crippen LogP) is 2.23. The summed E-state index contributed by atoms with van der Waals surface area (Å²) in [5.41, 5.74) is 2.20. The molecular weight excluding hydrogens is 167 g/mol. The molecule has 0 amide bonds. The van der Waals surface area contributed by atoms with E-state index in [1.165, 1.54) is 6.07 Å². The Morgan fingerprint density at radius 2 is 2.31 bits per heavy atom. The van der Waals surface area contributed by atoms with E-state index in [4.69, 9.17) is 5.11 Å². The van der Waals surface area contributed by atoms with Gasteiger partial charge in [0.15, 0.2) is 0 Å². The molecule has 0 spiro atoms. The molecule has 1 aliphatic rings. The minimum Gasteiger partial charge on any atom is -0.396 e. The molecule has 0 heterocycles. The van der Waals surface area contributed by atoms with E-state index in [0.717, 1.165) is 17.5 Å². The van der Waals surface area contributed by atoms with Crippen LogP contribution in [0.4, 0.5) is 4.39 Å². The van der Waals surface area contributed by atoms with Crippen LogP contribution in [0.15, 0.2) is 18.2 Å². The van der Waals surface area contributed by atoms with Gasteiger partial charge in [0.25, 0.3) is 0 Å². The first kappa shape index (κ1) is 8.70. The largest absolute Gasteiger partial charge is 0.396 e. The average molecular weight is 180 g/mol. The Morgan fingerprint density at radius 1 is 1.54 bits per heavy atom. The molecule has 0 aromatic heterocycles. The second-order valence-electron chi connectivity index (χ2n) is 3.79. The summed E-state index contributed by atoms with van der Waals surface area (Å²) in [6.45, 7) is 2.21. The van der Waals surface area contributed by atoms with E-state index in [1.54, 1.807) is 12.1 Å². The van der Waals surface area contributed by atoms with E-state index >= 15 is 0 Å². The molecule has 2 heteroatoms. The fraction of sp³-hybridized carbons (Fsp3) is 0.455. The molecule has 0 saturated heterocycles. The lowest BCUT2D eigenvalue weighted by atomic mass is 10.0. The number of halogens is 1. The summed E-state index contributed by atoms with van der Waals surface area (Å²) in [6.07, 6.45) is 1.00. The number of benzene rings is 1. The van der Waals surface area contributed by atoms with Gasteiger partial charge in [0.1, 0.15) is 5.82 Å². The molecule has 2 unspecified atom stereocenters. The van der Waals surface area contributed by atoms with Gasteiger partial charge in [0, 0.05) is 6.61 Å². The highest BCUT2D eigenvalue weighted by Gasteiger charge is 2.38. The molecule has 1 fully saturated rings. The monoisotopic (exact) mass is 180 g/mol. The van der Waals surface area contributed by atoms with E-state index in [2.05, 4.69) is 0 Å². The van der Waals surface area contributed by atoms with Crippen molar-refractivity contribution in [2.24, 2.45) is 5.92 Å². The quantitative estimate of drug-likeness (QED) is 0.740. The minimum atomic E-state index is -0.177. The smallest absolute Gasteiger partial charge is 0.123 e. The van der Waals surface area contributed by atoms with Gasteiger partial charge in [-0.1, -0.05) is 6.07 Å². The first-order chi connectivity index (χ1) is 6.22. The van der Waals surface area contributed by atoms with Crippen LogP contribution in [0.5, 0.6) is 0 Å². The van der Waals surface area contributed by atoms with Gasteiger partial charge in [0.2, 0.25) is 0 Å². The molecule has 1 N–H and O–H groups in total. The third-order valence-electron chi connectivity index (χ3n) is 2.80. The lowest BCUT2D eigenvalue weighted by molar-refractivity contribution is 0.274. The number of hydrogen-bond acceptors (Lipinski definition) is 1. The summed E-state index contributed by atoms with van der Waals surface area (Å²) in [7, 11) is 0. The fourth-order valence-electron chi connectivity index (χ4n) is 1.84. The molecule has 0 bridgehead atoms. The zero-order valence-electron chi connectivity index (χ0n) is 7.63. The van der Waals surface area contributed by atoms with Gasteiger partial charge in [-0.2, -0.15) is 0 Å². The second-order valence-corrected chi connectivity index (χ2v) is 3.79. The Kier molecular flexibility index (Phi) is 2.08. The zero-order chi connectivity index (χ0) is 9.42. The number of aliphatic hydroxyl groups excluding tert-OH is 1. The molecule has 2 rings (SSSR count). The highest BCUT2D eigenvalue weighted by Crippen LogP contribution is 2.48. The maximum Gasteiger partial charge on any atom is 0.123 e. The maximum atomic E-state index is 12.9. The predicted molar refractivity (Wildman–Crippen MR) is 49.1 cm³/mol. The summed E-state index contributed by atoms with van der Waals surface area (Å²) < 4.78 is 12.9. The number of hydrogen-bond donors (Lipinski definition) is 1. The molecule has 1 aliphatic carbocycles. The highest BCUT2D eigenvalue weighted by molar-refractivity contribution is 5.34. The van der Waals surface area contributed by atoms with Gasteiger partial charge in [-0.15, -0.1) is 0 Å². The van der Waals surface area contributed by atoms with Crippen molar-refractivity contribution in [3.63, 3.8) is 0 Å². The van der Waals surface area contributed by atoms with Crippen LogP contribution in [-0.2, 0) is 0 Å². The van der Waals surface area contributed by atoms with E-state index in [9.17, 15) is 4.39 Å². The minimum absolute atomic E-state index is 0.177. The van der Waals surface area contributed by atoms with Gasteiger partial charge in [0.05, 0.1) is 0 Å². The topological polar surface area (TPSA) is 20.2 Å². The van der Waals surface area contributed by atoms with Crippen molar-refractivity contribution in [3.05, 3.63) is 35.1 Å². The maximum absolute atomic E-state index is 12.9. The van der Waals surface area contributed by atoms with Crippen molar-refractivity contribution >= 4 is 0 Å². The first-order valence-corrected chi connectivity index (χ1v) is 4.59. The Hall–Kier alpha value is -0.890. The van der Waals surface area contributed by atoms with Crippen LogP contribution in [0.25, 0.3) is 0 Å². The molecule has 1 saturated carbocycles. The summed E-state index contributed by atoms with van der Waals surface area (Å²) in [6, 6.07) is 4.88. The van der Waals surface area contributed by atoms with Crippen molar-refractivity contribution in [2.75, 3.05) is 6.61 Å². The first-order valence-electron chi connectivity index (χ1n) is 4.59. The molecule has 1 nitrogen and oxygen atoms in total. The molecule has 13 heavy (non-hydrogen) atoms. The van der Waals surface area contributed by atoms with Crippen molar-refractivity contribution < 1.29 is 9.50 Å². The van der Waals surface area contributed by atoms with E-state index < -0.39 is 0 Å². The lowest BCUT2D eigenvalue weighted by Crippen LogP contribution is -1.92. The van der Waals surface area contributed by atoms with Gasteiger partial charge < -0.3 is 5.11 Å². The fourth-order valence-corrected chi connectivity index (χ4v) is 1.84. The molecule has 0 radical (unpaired) electrons. The van der Waals surface area contributed by atoms with Crippen molar-refractivity contribution in [1.82, 2.24) is 0 Å². The van der Waals surface area contributed by atoms with Crippen molar-refractivity contribution in [2.45, 2.75) is 19.3 Å². The molecular formula is C11H13FO. The SMILES string of the molecule is Cc1ccc(F)cc1C1CC1CO. The summed E-state index contributed by atoms with van der Waals surface area (Å²) >= 11 is 0. The van der Waals surface area contributed by atoms with Crippen LogP contribution in [-0.4, -0.2) is 11.7 Å². The lowest BCUT2D eigenvalue weighted by Gasteiger charge is -2.04. The highest BCUT2D eigenvalue weighted by atomic mass is 19.1. The van der Waals surface area contributed by atoms with Crippen molar-refractivity contribution in [1.29, 1.82) is 0 Å². The molecule has 1 aromatic rings. The zero-order valence-corrected chi connectivity index (χ0v) is 7.63. The normalized spacial score (nSPS) is 26.1. The van der Waals surface area contributed by atoms with Gasteiger partial charge in [-0.05, 0) is 48.4 Å². The molecule has 1 aromatic carbocycles. The van der Waals surface area contributed by atoms with E-state index in [-0.39, 0.29) is 12.4 Å². The van der Waals surface area contributed by atoms with E-state index in [1.807, 2.05) is 6.92 Å². The average Bonchev–Trinajstić information content (AvgIpc) is 2.88. The van der Waals surface area contributed by atoms with E-state index in [0.29, 0.717) is 11.8 Å². The van der Waals surface area contributed by atoms with Gasteiger partial charge >= 0.3 is 0 Å². The third kappa shape index (κ3) is 1.59. The van der Waals surface area contributed by atoms with Crippen LogP contribution in [0.1, 0.15) is 23.5 Å². The summed E-state index contributed by atoms with van der Waals surface area (Å²) in [5.74, 6) is 0.574. The van der Waals surface area contributed by atoms with Crippen LogP contribution in [0.3, 0.4) is 0 Å². The Labute approximate surface area is 77.2 Å². The van der Waals surface area contributed by atoms with Gasteiger partial charge in [-0.25, -0.2) is 4.39 Å². The Balaban J connectivity index is 2.25. The second kappa shape index (κ2) is 3.11. The number of aliphatic hydroxyl groups is 1. The van der Waals surface area contributed by atoms with Crippen LogP contribution in [0, 0.1) is 18.7 Å². The van der Waals surface area contributed by atoms with Crippen LogP contribution < -0.4 is 0 Å². The Morgan fingerprint density at radius 3 is 2.92 bits per heavy atom.